The highest BCUT2D eigenvalue weighted by Gasteiger charge is 2.18. The molecule has 2 rings (SSSR count). The lowest BCUT2D eigenvalue weighted by Gasteiger charge is -2.11. The monoisotopic (exact) mass is 395 g/mol. The van der Waals surface area contributed by atoms with E-state index in [2.05, 4.69) is 21.2 Å². The van der Waals surface area contributed by atoms with Gasteiger partial charge in [0.25, 0.3) is 5.91 Å². The van der Waals surface area contributed by atoms with E-state index in [4.69, 9.17) is 34.8 Å². The smallest absolute Gasteiger partial charge is 0.259 e. The Balaban J connectivity index is 2.38. The van der Waals surface area contributed by atoms with Crippen molar-refractivity contribution in [3.8, 4) is 0 Å². The van der Waals surface area contributed by atoms with E-state index in [0.29, 0.717) is 9.50 Å². The molecule has 2 aromatic rings. The van der Waals surface area contributed by atoms with Gasteiger partial charge in [-0.2, -0.15) is 0 Å². The summed E-state index contributed by atoms with van der Waals surface area (Å²) in [7, 11) is 0. The lowest BCUT2D eigenvalue weighted by atomic mass is 10.2. The molecule has 0 bridgehead atoms. The fourth-order valence-electron chi connectivity index (χ4n) is 1.55. The third-order valence-electron chi connectivity index (χ3n) is 2.44. The van der Waals surface area contributed by atoms with Crippen LogP contribution < -0.4 is 5.32 Å². The minimum atomic E-state index is -0.666. The van der Waals surface area contributed by atoms with Crippen molar-refractivity contribution >= 4 is 62.3 Å². The van der Waals surface area contributed by atoms with Crippen LogP contribution in [-0.2, 0) is 0 Å². The maximum atomic E-state index is 13.7. The van der Waals surface area contributed by atoms with Gasteiger partial charge in [0.15, 0.2) is 0 Å². The van der Waals surface area contributed by atoms with E-state index in [1.54, 1.807) is 6.07 Å². The van der Waals surface area contributed by atoms with Gasteiger partial charge >= 0.3 is 0 Å². The number of hydrogen-bond acceptors (Lipinski definition) is 1. The molecular formula is C13H6BrCl3FNO. The summed E-state index contributed by atoms with van der Waals surface area (Å²) in [5, 5.41) is 3.15. The molecule has 1 amide bonds. The topological polar surface area (TPSA) is 29.1 Å². The molecule has 2 nitrogen and oxygen atoms in total. The summed E-state index contributed by atoms with van der Waals surface area (Å²) in [6, 6.07) is 7.09. The number of carbonyl (C=O) groups is 1. The minimum Gasteiger partial charge on any atom is -0.319 e. The molecule has 0 fully saturated rings. The van der Waals surface area contributed by atoms with Crippen molar-refractivity contribution in [2.24, 2.45) is 0 Å². The van der Waals surface area contributed by atoms with Crippen molar-refractivity contribution in [2.75, 3.05) is 5.32 Å². The number of carbonyl (C=O) groups excluding carboxylic acids is 1. The number of halogens is 5. The Labute approximate surface area is 138 Å². The van der Waals surface area contributed by atoms with Crippen molar-refractivity contribution < 1.29 is 9.18 Å². The van der Waals surface area contributed by atoms with E-state index in [-0.39, 0.29) is 21.3 Å². The molecule has 0 aromatic heterocycles. The quantitative estimate of drug-likeness (QED) is 0.682. The average molecular weight is 397 g/mol. The van der Waals surface area contributed by atoms with Crippen LogP contribution >= 0.6 is 50.7 Å². The third kappa shape index (κ3) is 3.26. The van der Waals surface area contributed by atoms with Gasteiger partial charge in [0.1, 0.15) is 5.82 Å². The fraction of sp³-hybridized carbons (Fsp3) is 0. The van der Waals surface area contributed by atoms with Gasteiger partial charge in [-0.05, 0) is 40.2 Å². The lowest BCUT2D eigenvalue weighted by molar-refractivity contribution is 0.102. The number of rotatable bonds is 2. The molecule has 20 heavy (non-hydrogen) atoms. The number of benzene rings is 2. The van der Waals surface area contributed by atoms with Gasteiger partial charge in [0, 0.05) is 9.50 Å². The molecule has 0 spiro atoms. The first-order valence-corrected chi connectivity index (χ1v) is 7.22. The molecule has 0 atom stereocenters. The van der Waals surface area contributed by atoms with Crippen LogP contribution in [0.1, 0.15) is 10.4 Å². The SMILES string of the molecule is O=C(Nc1c(Cl)cc(Cl)cc1Cl)c1c(F)cccc1Br. The zero-order valence-electron chi connectivity index (χ0n) is 9.68. The Morgan fingerprint density at radius 2 is 1.75 bits per heavy atom. The van der Waals surface area contributed by atoms with E-state index < -0.39 is 11.7 Å². The van der Waals surface area contributed by atoms with Crippen LogP contribution in [0, 0.1) is 5.82 Å². The maximum Gasteiger partial charge on any atom is 0.259 e. The standard InChI is InChI=1S/C13H6BrCl3FNO/c14-7-2-1-3-10(18)11(7)13(20)19-12-8(16)4-6(15)5-9(12)17/h1-5H,(H,19,20). The first kappa shape index (κ1) is 15.6. The molecule has 0 saturated heterocycles. The molecule has 0 aliphatic heterocycles. The van der Waals surface area contributed by atoms with Gasteiger partial charge in [-0.25, -0.2) is 4.39 Å². The van der Waals surface area contributed by atoms with Crippen molar-refractivity contribution in [2.45, 2.75) is 0 Å². The van der Waals surface area contributed by atoms with Crippen LogP contribution in [0.2, 0.25) is 15.1 Å². The highest BCUT2D eigenvalue weighted by Crippen LogP contribution is 2.34. The first-order valence-electron chi connectivity index (χ1n) is 5.30. The summed E-state index contributed by atoms with van der Waals surface area (Å²) in [6.45, 7) is 0. The Bertz CT molecular complexity index is 650. The third-order valence-corrected chi connectivity index (χ3v) is 3.91. The molecule has 0 unspecified atom stereocenters. The number of anilines is 1. The van der Waals surface area contributed by atoms with Crippen molar-refractivity contribution in [1.29, 1.82) is 0 Å². The highest BCUT2D eigenvalue weighted by atomic mass is 79.9. The zero-order chi connectivity index (χ0) is 14.9. The van der Waals surface area contributed by atoms with Gasteiger partial charge < -0.3 is 5.32 Å². The van der Waals surface area contributed by atoms with Crippen LogP contribution in [0.3, 0.4) is 0 Å². The summed E-state index contributed by atoms with van der Waals surface area (Å²) in [5.41, 5.74) is 0.0486. The van der Waals surface area contributed by atoms with E-state index in [0.717, 1.165) is 0 Å². The molecule has 7 heteroatoms. The predicted octanol–water partition coefficient (Wildman–Crippen LogP) is 5.80. The molecule has 1 N–H and O–H groups in total. The second-order valence-electron chi connectivity index (χ2n) is 3.80. The summed E-state index contributed by atoms with van der Waals surface area (Å²) in [4.78, 5) is 12.1. The molecule has 0 heterocycles. The second-order valence-corrected chi connectivity index (χ2v) is 5.90. The van der Waals surface area contributed by atoms with Gasteiger partial charge in [-0.3, -0.25) is 4.79 Å². The summed E-state index contributed by atoms with van der Waals surface area (Å²) < 4.78 is 14.0. The largest absolute Gasteiger partial charge is 0.319 e. The first-order chi connectivity index (χ1) is 9.40. The van der Waals surface area contributed by atoms with Gasteiger partial charge in [-0.1, -0.05) is 40.9 Å². The summed E-state index contributed by atoms with van der Waals surface area (Å²) in [6.07, 6.45) is 0. The van der Waals surface area contributed by atoms with Crippen LogP contribution in [0.5, 0.6) is 0 Å². The molecule has 0 radical (unpaired) electrons. The Morgan fingerprint density at radius 3 is 2.30 bits per heavy atom. The van der Waals surface area contributed by atoms with Crippen molar-refractivity contribution in [3.05, 3.63) is 61.3 Å². The van der Waals surface area contributed by atoms with Gasteiger partial charge in [-0.15, -0.1) is 0 Å². The lowest BCUT2D eigenvalue weighted by Crippen LogP contribution is -2.15. The van der Waals surface area contributed by atoms with Crippen LogP contribution in [0.4, 0.5) is 10.1 Å². The van der Waals surface area contributed by atoms with Crippen molar-refractivity contribution in [3.63, 3.8) is 0 Å². The number of amides is 1. The van der Waals surface area contributed by atoms with Crippen LogP contribution in [0.15, 0.2) is 34.8 Å². The van der Waals surface area contributed by atoms with Crippen molar-refractivity contribution in [1.82, 2.24) is 0 Å². The molecule has 104 valence electrons. The molecule has 0 saturated carbocycles. The van der Waals surface area contributed by atoms with E-state index >= 15 is 0 Å². The maximum absolute atomic E-state index is 13.7. The summed E-state index contributed by atoms with van der Waals surface area (Å²) >= 11 is 20.8. The average Bonchev–Trinajstić information content (AvgIpc) is 2.33. The second kappa shape index (κ2) is 6.31. The Morgan fingerprint density at radius 1 is 1.15 bits per heavy atom. The number of hydrogen-bond donors (Lipinski definition) is 1. The normalized spacial score (nSPS) is 10.4. The zero-order valence-corrected chi connectivity index (χ0v) is 13.5. The summed E-state index contributed by atoms with van der Waals surface area (Å²) in [5.74, 6) is -1.32. The van der Waals surface area contributed by atoms with E-state index in [9.17, 15) is 9.18 Å². The highest BCUT2D eigenvalue weighted by molar-refractivity contribution is 9.10. The van der Waals surface area contributed by atoms with Gasteiger partial charge in [0.05, 0.1) is 21.3 Å². The van der Waals surface area contributed by atoms with E-state index in [1.807, 2.05) is 0 Å². The Hall–Kier alpha value is -0.810. The fourth-order valence-corrected chi connectivity index (χ4v) is 2.99. The minimum absolute atomic E-state index is 0.130. The molecular weight excluding hydrogens is 391 g/mol. The predicted molar refractivity (Wildman–Crippen MR) is 83.5 cm³/mol. The molecule has 2 aromatic carbocycles. The van der Waals surface area contributed by atoms with E-state index in [1.165, 1.54) is 24.3 Å². The van der Waals surface area contributed by atoms with Crippen LogP contribution in [0.25, 0.3) is 0 Å². The number of nitrogens with one attached hydrogen (secondary N) is 1. The molecule has 0 aliphatic rings. The molecule has 0 aliphatic carbocycles. The van der Waals surface area contributed by atoms with Crippen LogP contribution in [-0.4, -0.2) is 5.91 Å². The Kier molecular flexibility index (Phi) is 4.91. The van der Waals surface area contributed by atoms with Gasteiger partial charge in [0.2, 0.25) is 0 Å².